The molecule has 2 N–H and O–H groups in total. The topological polar surface area (TPSA) is 48.0 Å². The Morgan fingerprint density at radius 2 is 2.36 bits per heavy atom. The van der Waals surface area contributed by atoms with Crippen molar-refractivity contribution in [3.8, 4) is 0 Å². The third kappa shape index (κ3) is 1.61. The molecule has 1 rings (SSSR count). The van der Waals surface area contributed by atoms with E-state index in [2.05, 4.69) is 0 Å². The van der Waals surface area contributed by atoms with Gasteiger partial charge in [0.2, 0.25) is 0 Å². The lowest BCUT2D eigenvalue weighted by molar-refractivity contribution is 0.584. The zero-order chi connectivity index (χ0) is 8.43. The zero-order valence-corrected chi connectivity index (χ0v) is 6.69. The summed E-state index contributed by atoms with van der Waals surface area (Å²) in [6.07, 6.45) is 1.48. The predicted molar refractivity (Wildman–Crippen MR) is 41.7 cm³/mol. The van der Waals surface area contributed by atoms with E-state index in [9.17, 15) is 9.18 Å². The van der Waals surface area contributed by atoms with Crippen molar-refractivity contribution in [2.75, 3.05) is 0 Å². The van der Waals surface area contributed by atoms with E-state index in [0.717, 1.165) is 22.6 Å². The van der Waals surface area contributed by atoms with E-state index in [1.54, 1.807) is 0 Å². The van der Waals surface area contributed by atoms with Gasteiger partial charge in [-0.3, -0.25) is 9.93 Å². The van der Waals surface area contributed by atoms with Crippen molar-refractivity contribution in [2.45, 2.75) is 4.90 Å². The number of rotatable bonds is 1. The molecule has 0 unspecified atom stereocenters. The van der Waals surface area contributed by atoms with Crippen LogP contribution in [0.2, 0.25) is 0 Å². The lowest BCUT2D eigenvalue weighted by Crippen LogP contribution is -2.19. The van der Waals surface area contributed by atoms with Crippen molar-refractivity contribution in [1.29, 1.82) is 0 Å². The second-order valence-corrected chi connectivity index (χ2v) is 2.76. The Balaban J connectivity index is 3.32. The number of halogens is 1. The molecule has 1 aromatic rings. The lowest BCUT2D eigenvalue weighted by Gasteiger charge is -1.99. The minimum absolute atomic E-state index is 0.532. The van der Waals surface area contributed by atoms with Crippen molar-refractivity contribution >= 4 is 11.9 Å². The molecule has 1 heterocycles. The van der Waals surface area contributed by atoms with Gasteiger partial charge >= 0.3 is 0 Å². The van der Waals surface area contributed by atoms with Crippen LogP contribution in [-0.4, -0.2) is 4.57 Å². The van der Waals surface area contributed by atoms with Crippen LogP contribution in [0.15, 0.2) is 22.0 Å². The Bertz CT molecular complexity index is 297. The summed E-state index contributed by atoms with van der Waals surface area (Å²) in [5, 5.41) is 5.17. The first-order valence-corrected chi connectivity index (χ1v) is 3.76. The first-order chi connectivity index (χ1) is 5.15. The fraction of sp³-hybridized carbons (Fsp3) is 0.167. The quantitative estimate of drug-likeness (QED) is 0.630. The number of aryl methyl sites for hydroxylation is 1. The molecule has 0 aliphatic rings. The minimum Gasteiger partial charge on any atom is -0.315 e. The summed E-state index contributed by atoms with van der Waals surface area (Å²) >= 11 is 0.906. The first kappa shape index (κ1) is 8.29. The number of pyridine rings is 1. The molecule has 3 nitrogen and oxygen atoms in total. The Hall–Kier alpha value is -0.810. The number of hydrogen-bond acceptors (Lipinski definition) is 3. The number of aromatic nitrogens is 1. The van der Waals surface area contributed by atoms with Gasteiger partial charge in [-0.1, -0.05) is 0 Å². The van der Waals surface area contributed by atoms with Gasteiger partial charge in [0, 0.05) is 18.1 Å². The van der Waals surface area contributed by atoms with Crippen LogP contribution in [0.25, 0.3) is 0 Å². The molecule has 0 amide bonds. The minimum atomic E-state index is -0.775. The molecule has 5 heteroatoms. The van der Waals surface area contributed by atoms with Crippen LogP contribution in [-0.2, 0) is 7.05 Å². The van der Waals surface area contributed by atoms with Gasteiger partial charge in [-0.15, -0.1) is 0 Å². The van der Waals surface area contributed by atoms with Gasteiger partial charge in [0.25, 0.3) is 5.56 Å². The summed E-state index contributed by atoms with van der Waals surface area (Å²) in [6.45, 7) is 0. The Morgan fingerprint density at radius 3 is 2.82 bits per heavy atom. The van der Waals surface area contributed by atoms with Crippen molar-refractivity contribution < 1.29 is 4.39 Å². The second-order valence-electron chi connectivity index (χ2n) is 2.06. The molecule has 11 heavy (non-hydrogen) atoms. The SMILES string of the molecule is Cn1cc(SN)cc(F)c1=O. The number of nitrogens with zero attached hydrogens (tertiary/aromatic N) is 1. The molecular formula is C6H7FN2OS. The molecule has 0 fully saturated rings. The smallest absolute Gasteiger partial charge is 0.286 e. The van der Waals surface area contributed by atoms with Crippen molar-refractivity contribution in [2.24, 2.45) is 12.2 Å². The predicted octanol–water partition coefficient (Wildman–Crippen LogP) is 0.490. The maximum absolute atomic E-state index is 12.6. The van der Waals surface area contributed by atoms with E-state index in [4.69, 9.17) is 5.14 Å². The molecule has 60 valence electrons. The Labute approximate surface area is 67.2 Å². The van der Waals surface area contributed by atoms with E-state index in [1.165, 1.54) is 13.2 Å². The van der Waals surface area contributed by atoms with Crippen LogP contribution in [0.5, 0.6) is 0 Å². The summed E-state index contributed by atoms with van der Waals surface area (Å²) in [5.74, 6) is -0.775. The van der Waals surface area contributed by atoms with Gasteiger partial charge in [-0.25, -0.2) is 4.39 Å². The number of hydrogen-bond donors (Lipinski definition) is 1. The van der Waals surface area contributed by atoms with Crippen LogP contribution >= 0.6 is 11.9 Å². The van der Waals surface area contributed by atoms with E-state index in [0.29, 0.717) is 4.90 Å². The molecule has 0 saturated heterocycles. The van der Waals surface area contributed by atoms with E-state index < -0.39 is 11.4 Å². The summed E-state index contributed by atoms with van der Waals surface area (Å²) in [6, 6.07) is 1.12. The molecule has 0 aliphatic heterocycles. The summed E-state index contributed by atoms with van der Waals surface area (Å²) in [7, 11) is 1.48. The standard InChI is InChI=1S/C6H7FN2OS/c1-9-3-4(11-8)2-5(7)6(9)10/h2-3H,8H2,1H3. The van der Waals surface area contributed by atoms with Crippen LogP contribution in [0.1, 0.15) is 0 Å². The van der Waals surface area contributed by atoms with Crippen LogP contribution < -0.4 is 10.7 Å². The fourth-order valence-corrected chi connectivity index (χ4v) is 1.10. The highest BCUT2D eigenvalue weighted by molar-refractivity contribution is 7.97. The van der Waals surface area contributed by atoms with Crippen LogP contribution in [0, 0.1) is 5.82 Å². The molecule has 0 atom stereocenters. The molecule has 0 aliphatic carbocycles. The summed E-state index contributed by atoms with van der Waals surface area (Å²) < 4.78 is 13.8. The van der Waals surface area contributed by atoms with Crippen molar-refractivity contribution in [3.63, 3.8) is 0 Å². The fourth-order valence-electron chi connectivity index (χ4n) is 0.706. The zero-order valence-electron chi connectivity index (χ0n) is 5.87. The van der Waals surface area contributed by atoms with Gasteiger partial charge in [0.15, 0.2) is 5.82 Å². The third-order valence-electron chi connectivity index (χ3n) is 1.25. The maximum Gasteiger partial charge on any atom is 0.286 e. The monoisotopic (exact) mass is 174 g/mol. The molecule has 1 aromatic heterocycles. The highest BCUT2D eigenvalue weighted by Crippen LogP contribution is 2.08. The van der Waals surface area contributed by atoms with Gasteiger partial charge < -0.3 is 4.57 Å². The average molecular weight is 174 g/mol. The molecule has 0 aromatic carbocycles. The Morgan fingerprint density at radius 1 is 1.73 bits per heavy atom. The van der Waals surface area contributed by atoms with E-state index in [1.807, 2.05) is 0 Å². The molecule has 0 bridgehead atoms. The average Bonchev–Trinajstić information content (AvgIpc) is 1.99. The highest BCUT2D eigenvalue weighted by atomic mass is 32.2. The molecular weight excluding hydrogens is 167 g/mol. The van der Waals surface area contributed by atoms with Gasteiger partial charge in [0.05, 0.1) is 0 Å². The van der Waals surface area contributed by atoms with E-state index in [-0.39, 0.29) is 0 Å². The van der Waals surface area contributed by atoms with E-state index >= 15 is 0 Å². The van der Waals surface area contributed by atoms with Gasteiger partial charge in [0.1, 0.15) is 0 Å². The third-order valence-corrected chi connectivity index (χ3v) is 1.75. The first-order valence-electron chi connectivity index (χ1n) is 2.88. The highest BCUT2D eigenvalue weighted by Gasteiger charge is 2.01. The molecule has 0 spiro atoms. The van der Waals surface area contributed by atoms with Crippen molar-refractivity contribution in [1.82, 2.24) is 4.57 Å². The number of nitrogens with two attached hydrogens (primary N) is 1. The lowest BCUT2D eigenvalue weighted by atomic mass is 10.4. The normalized spacial score (nSPS) is 10.1. The largest absolute Gasteiger partial charge is 0.315 e. The summed E-state index contributed by atoms with van der Waals surface area (Å²) in [4.78, 5) is 11.3. The van der Waals surface area contributed by atoms with Crippen LogP contribution in [0.4, 0.5) is 4.39 Å². The van der Waals surface area contributed by atoms with Gasteiger partial charge in [-0.2, -0.15) is 0 Å². The molecule has 0 saturated carbocycles. The summed E-state index contributed by atoms with van der Waals surface area (Å²) in [5.41, 5.74) is -0.636. The Kier molecular flexibility index (Phi) is 2.31. The van der Waals surface area contributed by atoms with Crippen LogP contribution in [0.3, 0.4) is 0 Å². The maximum atomic E-state index is 12.6. The molecule has 0 radical (unpaired) electrons. The second kappa shape index (κ2) is 3.06. The van der Waals surface area contributed by atoms with Crippen molar-refractivity contribution in [3.05, 3.63) is 28.4 Å². The van der Waals surface area contributed by atoms with Gasteiger partial charge in [-0.05, 0) is 18.0 Å².